The molecule has 0 spiro atoms. The molecule has 0 aliphatic heterocycles. The Morgan fingerprint density at radius 1 is 1.45 bits per heavy atom. The lowest BCUT2D eigenvalue weighted by Gasteiger charge is -2.34. The predicted octanol–water partition coefficient (Wildman–Crippen LogP) is 2.23. The maximum Gasteiger partial charge on any atom is 0.155 e. The summed E-state index contributed by atoms with van der Waals surface area (Å²) in [6.45, 7) is 6.55. The third-order valence-corrected chi connectivity index (χ3v) is 4.35. The van der Waals surface area contributed by atoms with Crippen LogP contribution in [0, 0.1) is 5.41 Å². The third-order valence-electron chi connectivity index (χ3n) is 4.35. The van der Waals surface area contributed by atoms with Gasteiger partial charge in [-0.15, -0.1) is 10.2 Å². The molecule has 0 amide bonds. The number of aliphatic hydroxyl groups excluding tert-OH is 1. The number of hydrogen-bond donors (Lipinski definition) is 1. The van der Waals surface area contributed by atoms with E-state index in [1.165, 1.54) is 5.69 Å². The van der Waals surface area contributed by atoms with Crippen LogP contribution in [0.15, 0.2) is 18.6 Å². The van der Waals surface area contributed by atoms with Crippen LogP contribution in [0.3, 0.4) is 0 Å². The van der Waals surface area contributed by atoms with Crippen molar-refractivity contribution in [3.63, 3.8) is 0 Å². The third kappa shape index (κ3) is 2.06. The Labute approximate surface area is 119 Å². The number of aliphatic hydroxyl groups is 1. The van der Waals surface area contributed by atoms with Gasteiger partial charge in [0.15, 0.2) is 5.82 Å². The summed E-state index contributed by atoms with van der Waals surface area (Å²) in [5.74, 6) is 0.932. The van der Waals surface area contributed by atoms with E-state index in [-0.39, 0.29) is 17.6 Å². The standard InChI is InChI=1S/C15H22N4O/c1-10(14-17-16-9-18(14)4)19-6-5-11-12(19)7-15(2,3)8-13(11)20/h5-6,9-10,13,20H,7-8H2,1-4H3. The summed E-state index contributed by atoms with van der Waals surface area (Å²) >= 11 is 0. The van der Waals surface area contributed by atoms with Gasteiger partial charge in [-0.05, 0) is 31.2 Å². The second-order valence-corrected chi connectivity index (χ2v) is 6.66. The summed E-state index contributed by atoms with van der Waals surface area (Å²) in [5, 5.41) is 18.5. The molecule has 0 fully saturated rings. The van der Waals surface area contributed by atoms with E-state index in [9.17, 15) is 5.11 Å². The van der Waals surface area contributed by atoms with Gasteiger partial charge in [0, 0.05) is 24.5 Å². The summed E-state index contributed by atoms with van der Waals surface area (Å²) in [6.07, 6.45) is 5.23. The highest BCUT2D eigenvalue weighted by Crippen LogP contribution is 2.42. The fourth-order valence-corrected chi connectivity index (χ4v) is 3.31. The van der Waals surface area contributed by atoms with Crippen LogP contribution in [0.25, 0.3) is 0 Å². The van der Waals surface area contributed by atoms with Crippen LogP contribution in [0.1, 0.15) is 56.4 Å². The Bertz CT molecular complexity index is 626. The van der Waals surface area contributed by atoms with E-state index in [1.807, 2.05) is 17.7 Å². The number of aromatic nitrogens is 4. The van der Waals surface area contributed by atoms with Crippen molar-refractivity contribution in [2.45, 2.75) is 45.8 Å². The second-order valence-electron chi connectivity index (χ2n) is 6.66. The number of nitrogens with zero attached hydrogens (tertiary/aromatic N) is 4. The molecule has 2 unspecified atom stereocenters. The maximum atomic E-state index is 10.3. The zero-order chi connectivity index (χ0) is 14.5. The van der Waals surface area contributed by atoms with Gasteiger partial charge in [-0.2, -0.15) is 0 Å². The number of fused-ring (bicyclic) bond motifs is 1. The molecule has 1 aliphatic carbocycles. The molecule has 5 heteroatoms. The summed E-state index contributed by atoms with van der Waals surface area (Å²) in [6, 6.07) is 2.16. The van der Waals surface area contributed by atoms with E-state index in [2.05, 4.69) is 41.7 Å². The van der Waals surface area contributed by atoms with Gasteiger partial charge in [0.1, 0.15) is 6.33 Å². The molecule has 2 aromatic heterocycles. The molecule has 108 valence electrons. The maximum absolute atomic E-state index is 10.3. The molecule has 2 aromatic rings. The molecule has 5 nitrogen and oxygen atoms in total. The fourth-order valence-electron chi connectivity index (χ4n) is 3.31. The molecule has 0 saturated carbocycles. The Morgan fingerprint density at radius 2 is 2.20 bits per heavy atom. The molecular formula is C15H22N4O. The monoisotopic (exact) mass is 274 g/mol. The van der Waals surface area contributed by atoms with Crippen LogP contribution >= 0.6 is 0 Å². The predicted molar refractivity (Wildman–Crippen MR) is 76.3 cm³/mol. The molecule has 3 rings (SSSR count). The van der Waals surface area contributed by atoms with Gasteiger partial charge in [-0.1, -0.05) is 13.8 Å². The molecule has 2 atom stereocenters. The zero-order valence-electron chi connectivity index (χ0n) is 12.5. The van der Waals surface area contributed by atoms with Crippen LogP contribution in [-0.2, 0) is 13.5 Å². The highest BCUT2D eigenvalue weighted by molar-refractivity contribution is 5.30. The van der Waals surface area contributed by atoms with Crippen molar-refractivity contribution in [3.05, 3.63) is 35.7 Å². The summed E-state index contributed by atoms with van der Waals surface area (Å²) in [5.41, 5.74) is 2.42. The Balaban J connectivity index is 2.03. The molecule has 0 aromatic carbocycles. The van der Waals surface area contributed by atoms with E-state index >= 15 is 0 Å². The first-order chi connectivity index (χ1) is 9.39. The van der Waals surface area contributed by atoms with Gasteiger partial charge in [0.05, 0.1) is 12.1 Å². The van der Waals surface area contributed by atoms with Crippen molar-refractivity contribution < 1.29 is 5.11 Å². The minimum atomic E-state index is -0.360. The number of hydrogen-bond acceptors (Lipinski definition) is 3. The highest BCUT2D eigenvalue weighted by Gasteiger charge is 2.34. The van der Waals surface area contributed by atoms with E-state index in [0.29, 0.717) is 0 Å². The molecule has 20 heavy (non-hydrogen) atoms. The first-order valence-electron chi connectivity index (χ1n) is 7.10. The van der Waals surface area contributed by atoms with Gasteiger partial charge in [0.2, 0.25) is 0 Å². The quantitative estimate of drug-likeness (QED) is 0.913. The van der Waals surface area contributed by atoms with Crippen LogP contribution in [-0.4, -0.2) is 24.4 Å². The zero-order valence-corrected chi connectivity index (χ0v) is 12.5. The van der Waals surface area contributed by atoms with E-state index in [1.54, 1.807) is 6.33 Å². The lowest BCUT2D eigenvalue weighted by atomic mass is 9.75. The minimum Gasteiger partial charge on any atom is -0.388 e. The second kappa shape index (κ2) is 4.45. The van der Waals surface area contributed by atoms with Gasteiger partial charge in [-0.3, -0.25) is 0 Å². The van der Waals surface area contributed by atoms with Crippen molar-refractivity contribution in [1.82, 2.24) is 19.3 Å². The summed E-state index contributed by atoms with van der Waals surface area (Å²) in [7, 11) is 1.96. The summed E-state index contributed by atoms with van der Waals surface area (Å²) in [4.78, 5) is 0. The Kier molecular flexibility index (Phi) is 2.97. The highest BCUT2D eigenvalue weighted by atomic mass is 16.3. The van der Waals surface area contributed by atoms with Gasteiger partial charge < -0.3 is 14.2 Å². The van der Waals surface area contributed by atoms with Crippen molar-refractivity contribution in [3.8, 4) is 0 Å². The minimum absolute atomic E-state index is 0.118. The topological polar surface area (TPSA) is 55.9 Å². The van der Waals surface area contributed by atoms with Gasteiger partial charge in [-0.25, -0.2) is 0 Å². The van der Waals surface area contributed by atoms with Crippen LogP contribution in [0.2, 0.25) is 0 Å². The van der Waals surface area contributed by atoms with Crippen molar-refractivity contribution in [2.75, 3.05) is 0 Å². The molecule has 0 bridgehead atoms. The fraction of sp³-hybridized carbons (Fsp3) is 0.600. The molecule has 1 aliphatic rings. The Hall–Kier alpha value is -1.62. The van der Waals surface area contributed by atoms with Crippen LogP contribution in [0.4, 0.5) is 0 Å². The van der Waals surface area contributed by atoms with Crippen LogP contribution in [0.5, 0.6) is 0 Å². The molecule has 0 saturated heterocycles. The lowest BCUT2D eigenvalue weighted by Crippen LogP contribution is -2.27. The van der Waals surface area contributed by atoms with E-state index in [4.69, 9.17) is 0 Å². The Morgan fingerprint density at radius 3 is 2.85 bits per heavy atom. The molecule has 2 heterocycles. The lowest BCUT2D eigenvalue weighted by molar-refractivity contribution is 0.0977. The number of rotatable bonds is 2. The van der Waals surface area contributed by atoms with Gasteiger partial charge >= 0.3 is 0 Å². The first kappa shape index (κ1) is 13.4. The average molecular weight is 274 g/mol. The first-order valence-corrected chi connectivity index (χ1v) is 7.10. The number of aryl methyl sites for hydroxylation is 1. The SMILES string of the molecule is CC(c1nncn1C)n1ccc2c1CC(C)(C)CC2O. The normalized spacial score (nSPS) is 22.6. The van der Waals surface area contributed by atoms with Gasteiger partial charge in [0.25, 0.3) is 0 Å². The van der Waals surface area contributed by atoms with E-state index in [0.717, 1.165) is 24.2 Å². The molecule has 0 radical (unpaired) electrons. The van der Waals surface area contributed by atoms with Crippen LogP contribution < -0.4 is 0 Å². The van der Waals surface area contributed by atoms with Crippen molar-refractivity contribution in [1.29, 1.82) is 0 Å². The smallest absolute Gasteiger partial charge is 0.155 e. The van der Waals surface area contributed by atoms with E-state index < -0.39 is 0 Å². The van der Waals surface area contributed by atoms with Crippen molar-refractivity contribution in [2.24, 2.45) is 12.5 Å². The largest absolute Gasteiger partial charge is 0.388 e. The van der Waals surface area contributed by atoms with Crippen molar-refractivity contribution >= 4 is 0 Å². The summed E-state index contributed by atoms with van der Waals surface area (Å²) < 4.78 is 4.17. The molecular weight excluding hydrogens is 252 g/mol. The molecule has 1 N–H and O–H groups in total. The average Bonchev–Trinajstić information content (AvgIpc) is 2.93.